The summed E-state index contributed by atoms with van der Waals surface area (Å²) in [5.74, 6) is -0.454. The third-order valence-electron chi connectivity index (χ3n) is 7.38. The molecule has 0 saturated carbocycles. The van der Waals surface area contributed by atoms with Gasteiger partial charge in [-0.1, -0.05) is 51.1 Å². The first-order chi connectivity index (χ1) is 16.7. The summed E-state index contributed by atoms with van der Waals surface area (Å²) in [5.41, 5.74) is 0.0335. The molecular formula is C28H39N3O4. The molecule has 1 saturated heterocycles. The van der Waals surface area contributed by atoms with Crippen molar-refractivity contribution in [2.24, 2.45) is 5.41 Å². The van der Waals surface area contributed by atoms with Crippen molar-refractivity contribution < 1.29 is 14.5 Å². The fourth-order valence-corrected chi connectivity index (χ4v) is 5.56. The van der Waals surface area contributed by atoms with Crippen LogP contribution in [0.3, 0.4) is 0 Å². The lowest BCUT2D eigenvalue weighted by molar-refractivity contribution is -0.384. The standard InChI is InChI=1S/C28H39N3O4/c1-6-17-30(18-7-2)21-27(4)20-29(5)22(3)19-28(27,24-11-9-8-10-12-24)35-26(32)23-13-15-25(16-14-23)31(33)34/h8-16,22H,6-7,17-21H2,1-5H3. The number of hydrogen-bond donors (Lipinski definition) is 0. The second-order valence-corrected chi connectivity index (χ2v) is 10.2. The highest BCUT2D eigenvalue weighted by Crippen LogP contribution is 2.51. The van der Waals surface area contributed by atoms with E-state index in [1.54, 1.807) is 0 Å². The molecule has 0 spiro atoms. The largest absolute Gasteiger partial charge is 0.450 e. The number of nitro benzene ring substituents is 1. The minimum Gasteiger partial charge on any atom is -0.450 e. The summed E-state index contributed by atoms with van der Waals surface area (Å²) in [6.45, 7) is 12.4. The van der Waals surface area contributed by atoms with Crippen LogP contribution in [0.2, 0.25) is 0 Å². The molecule has 0 aliphatic carbocycles. The minimum atomic E-state index is -0.848. The van der Waals surface area contributed by atoms with Crippen molar-refractivity contribution in [2.45, 2.75) is 58.6 Å². The molecule has 190 valence electrons. The Balaban J connectivity index is 2.08. The zero-order valence-corrected chi connectivity index (χ0v) is 21.7. The Morgan fingerprint density at radius 3 is 2.26 bits per heavy atom. The number of benzene rings is 2. The molecule has 3 unspecified atom stereocenters. The van der Waals surface area contributed by atoms with Crippen LogP contribution in [0.15, 0.2) is 54.6 Å². The van der Waals surface area contributed by atoms with Crippen LogP contribution < -0.4 is 0 Å². The summed E-state index contributed by atoms with van der Waals surface area (Å²) in [5, 5.41) is 11.1. The van der Waals surface area contributed by atoms with Crippen LogP contribution in [0.5, 0.6) is 0 Å². The van der Waals surface area contributed by atoms with E-state index in [1.165, 1.54) is 24.3 Å². The Morgan fingerprint density at radius 1 is 1.11 bits per heavy atom. The van der Waals surface area contributed by atoms with E-state index in [1.807, 2.05) is 18.2 Å². The van der Waals surface area contributed by atoms with Gasteiger partial charge in [-0.3, -0.25) is 10.1 Å². The maximum Gasteiger partial charge on any atom is 0.339 e. The molecule has 1 aliphatic heterocycles. The topological polar surface area (TPSA) is 75.9 Å². The number of nitrogens with zero attached hydrogens (tertiary/aromatic N) is 3. The lowest BCUT2D eigenvalue weighted by Gasteiger charge is -2.57. The average molecular weight is 482 g/mol. The van der Waals surface area contributed by atoms with E-state index in [9.17, 15) is 14.9 Å². The summed E-state index contributed by atoms with van der Waals surface area (Å²) in [6, 6.07) is 16.0. The van der Waals surface area contributed by atoms with E-state index in [0.29, 0.717) is 12.0 Å². The SMILES string of the molecule is CCCN(CCC)CC1(C)CN(C)C(C)CC1(OC(=O)c1ccc([N+](=O)[O-])cc1)c1ccccc1. The lowest BCUT2D eigenvalue weighted by atomic mass is 9.63. The van der Waals surface area contributed by atoms with Crippen molar-refractivity contribution >= 4 is 11.7 Å². The van der Waals surface area contributed by atoms with Gasteiger partial charge in [0.05, 0.1) is 10.5 Å². The van der Waals surface area contributed by atoms with Crippen LogP contribution >= 0.6 is 0 Å². The van der Waals surface area contributed by atoms with Crippen molar-refractivity contribution in [3.63, 3.8) is 0 Å². The van der Waals surface area contributed by atoms with E-state index >= 15 is 0 Å². The number of likely N-dealkylation sites (tertiary alicyclic amines) is 1. The van der Waals surface area contributed by atoms with Crippen LogP contribution in [-0.4, -0.2) is 60.0 Å². The Kier molecular flexibility index (Phi) is 8.67. The van der Waals surface area contributed by atoms with E-state index in [4.69, 9.17) is 4.74 Å². The van der Waals surface area contributed by atoms with Gasteiger partial charge in [0, 0.05) is 43.1 Å². The van der Waals surface area contributed by atoms with Crippen LogP contribution in [0.25, 0.3) is 0 Å². The minimum absolute atomic E-state index is 0.0492. The molecule has 0 radical (unpaired) electrons. The van der Waals surface area contributed by atoms with Gasteiger partial charge in [-0.05, 0) is 57.6 Å². The Bertz CT molecular complexity index is 991. The Hall–Kier alpha value is -2.77. The van der Waals surface area contributed by atoms with Crippen molar-refractivity contribution in [3.8, 4) is 0 Å². The molecule has 35 heavy (non-hydrogen) atoms. The normalized spacial score (nSPS) is 24.9. The first-order valence-corrected chi connectivity index (χ1v) is 12.6. The summed E-state index contributed by atoms with van der Waals surface area (Å²) in [7, 11) is 2.14. The summed E-state index contributed by atoms with van der Waals surface area (Å²) in [6.07, 6.45) is 2.78. The maximum absolute atomic E-state index is 13.6. The van der Waals surface area contributed by atoms with Gasteiger partial charge < -0.3 is 14.5 Å². The van der Waals surface area contributed by atoms with Gasteiger partial charge >= 0.3 is 5.97 Å². The second kappa shape index (κ2) is 11.3. The third kappa shape index (κ3) is 5.73. The molecule has 1 aliphatic rings. The van der Waals surface area contributed by atoms with Crippen LogP contribution in [0.1, 0.15) is 62.9 Å². The van der Waals surface area contributed by atoms with Gasteiger partial charge in [-0.15, -0.1) is 0 Å². The predicted molar refractivity (Wildman–Crippen MR) is 138 cm³/mol. The Labute approximate surface area is 209 Å². The molecule has 3 atom stereocenters. The number of rotatable bonds is 10. The number of non-ortho nitro benzene ring substituents is 1. The molecule has 3 rings (SSSR count). The fraction of sp³-hybridized carbons (Fsp3) is 0.536. The summed E-state index contributed by atoms with van der Waals surface area (Å²) >= 11 is 0. The number of esters is 1. The van der Waals surface area contributed by atoms with E-state index in [-0.39, 0.29) is 17.1 Å². The Morgan fingerprint density at radius 2 is 1.71 bits per heavy atom. The molecule has 1 heterocycles. The molecule has 1 fully saturated rings. The molecule has 0 N–H and O–H groups in total. The van der Waals surface area contributed by atoms with Gasteiger partial charge in [0.2, 0.25) is 0 Å². The van der Waals surface area contributed by atoms with Crippen LogP contribution in [0, 0.1) is 15.5 Å². The van der Waals surface area contributed by atoms with Crippen LogP contribution in [0.4, 0.5) is 5.69 Å². The maximum atomic E-state index is 13.6. The number of piperidine rings is 1. The van der Waals surface area contributed by atoms with Crippen molar-refractivity contribution in [1.82, 2.24) is 9.80 Å². The number of carbonyl (C=O) groups is 1. The van der Waals surface area contributed by atoms with E-state index < -0.39 is 16.5 Å². The molecular weight excluding hydrogens is 442 g/mol. The number of nitro groups is 1. The van der Waals surface area contributed by atoms with Gasteiger partial charge in [0.25, 0.3) is 5.69 Å². The molecule has 7 heteroatoms. The number of ether oxygens (including phenoxy) is 1. The van der Waals surface area contributed by atoms with Crippen LogP contribution in [-0.2, 0) is 10.3 Å². The molecule has 0 bridgehead atoms. The van der Waals surface area contributed by atoms with Crippen molar-refractivity contribution in [1.29, 1.82) is 0 Å². The fourth-order valence-electron chi connectivity index (χ4n) is 5.56. The predicted octanol–water partition coefficient (Wildman–Crippen LogP) is 5.50. The lowest BCUT2D eigenvalue weighted by Crippen LogP contribution is -2.63. The monoisotopic (exact) mass is 481 g/mol. The first kappa shape index (κ1) is 26.8. The molecule has 2 aromatic rings. The zero-order chi connectivity index (χ0) is 25.6. The molecule has 0 aromatic heterocycles. The average Bonchev–Trinajstić information content (AvgIpc) is 2.83. The molecule has 2 aromatic carbocycles. The van der Waals surface area contributed by atoms with Gasteiger partial charge in [-0.25, -0.2) is 4.79 Å². The highest BCUT2D eigenvalue weighted by atomic mass is 16.6. The first-order valence-electron chi connectivity index (χ1n) is 12.6. The van der Waals surface area contributed by atoms with Crippen molar-refractivity contribution in [2.75, 3.05) is 33.2 Å². The third-order valence-corrected chi connectivity index (χ3v) is 7.38. The highest BCUT2D eigenvalue weighted by Gasteiger charge is 2.57. The highest BCUT2D eigenvalue weighted by molar-refractivity contribution is 5.90. The zero-order valence-electron chi connectivity index (χ0n) is 21.7. The molecule has 0 amide bonds. The van der Waals surface area contributed by atoms with Gasteiger partial charge in [0.15, 0.2) is 0 Å². The quantitative estimate of drug-likeness (QED) is 0.253. The van der Waals surface area contributed by atoms with E-state index in [0.717, 1.165) is 44.6 Å². The van der Waals surface area contributed by atoms with Gasteiger partial charge in [0.1, 0.15) is 5.60 Å². The number of hydrogen-bond acceptors (Lipinski definition) is 6. The summed E-state index contributed by atoms with van der Waals surface area (Å²) in [4.78, 5) is 29.0. The van der Waals surface area contributed by atoms with E-state index in [2.05, 4.69) is 56.7 Å². The van der Waals surface area contributed by atoms with Gasteiger partial charge in [-0.2, -0.15) is 0 Å². The summed E-state index contributed by atoms with van der Waals surface area (Å²) < 4.78 is 6.58. The number of carbonyl (C=O) groups excluding carboxylic acids is 1. The molecule has 7 nitrogen and oxygen atoms in total. The second-order valence-electron chi connectivity index (χ2n) is 10.2. The smallest absolute Gasteiger partial charge is 0.339 e. The van der Waals surface area contributed by atoms with Crippen molar-refractivity contribution in [3.05, 3.63) is 75.8 Å².